The van der Waals surface area contributed by atoms with E-state index in [2.05, 4.69) is 0 Å². The lowest BCUT2D eigenvalue weighted by molar-refractivity contribution is -0.258. The van der Waals surface area contributed by atoms with Crippen molar-refractivity contribution in [1.29, 1.82) is 0 Å². The topological polar surface area (TPSA) is 29.5 Å². The van der Waals surface area contributed by atoms with Crippen LogP contribution in [-0.2, 0) is 5.60 Å². The quantitative estimate of drug-likeness (QED) is 0.891. The Bertz CT molecular complexity index is 660. The van der Waals surface area contributed by atoms with Gasteiger partial charge in [-0.3, -0.25) is 0 Å². The molecule has 0 heterocycles. The Kier molecular flexibility index (Phi) is 4.38. The number of fused-ring (bicyclic) bond motifs is 1. The summed E-state index contributed by atoms with van der Waals surface area (Å²) >= 11 is 0. The van der Waals surface area contributed by atoms with Crippen LogP contribution in [0.1, 0.15) is 26.3 Å². The van der Waals surface area contributed by atoms with Crippen LogP contribution in [0.4, 0.5) is 13.2 Å². The zero-order chi connectivity index (χ0) is 16.5. The molecule has 1 unspecified atom stereocenters. The fraction of sp³-hybridized carbons (Fsp3) is 0.412. The van der Waals surface area contributed by atoms with Crippen LogP contribution in [0.25, 0.3) is 10.8 Å². The molecule has 0 aromatic heterocycles. The van der Waals surface area contributed by atoms with Gasteiger partial charge < -0.3 is 9.84 Å². The van der Waals surface area contributed by atoms with Crippen molar-refractivity contribution < 1.29 is 23.0 Å². The molecule has 0 aliphatic carbocycles. The molecule has 0 fully saturated rings. The van der Waals surface area contributed by atoms with Crippen LogP contribution in [-0.4, -0.2) is 17.9 Å². The highest BCUT2D eigenvalue weighted by Crippen LogP contribution is 2.42. The van der Waals surface area contributed by atoms with Gasteiger partial charge in [0.15, 0.2) is 5.60 Å². The van der Waals surface area contributed by atoms with E-state index in [4.69, 9.17) is 4.74 Å². The Morgan fingerprint density at radius 1 is 1.14 bits per heavy atom. The minimum absolute atomic E-state index is 0.197. The van der Waals surface area contributed by atoms with Gasteiger partial charge in [0, 0.05) is 5.56 Å². The van der Waals surface area contributed by atoms with E-state index in [-0.39, 0.29) is 11.5 Å². The second-order valence-electron chi connectivity index (χ2n) is 5.97. The summed E-state index contributed by atoms with van der Waals surface area (Å²) in [7, 11) is 0. The monoisotopic (exact) mass is 312 g/mol. The number of benzene rings is 2. The van der Waals surface area contributed by atoms with Crippen LogP contribution in [0, 0.1) is 5.92 Å². The minimum Gasteiger partial charge on any atom is -0.493 e. The summed E-state index contributed by atoms with van der Waals surface area (Å²) in [5.74, 6) is 0.574. The molecule has 1 N–H and O–H groups in total. The maximum atomic E-state index is 13.2. The first-order valence-corrected chi connectivity index (χ1v) is 7.08. The fourth-order valence-corrected chi connectivity index (χ4v) is 2.18. The molecule has 0 aliphatic heterocycles. The van der Waals surface area contributed by atoms with Crippen molar-refractivity contribution in [3.05, 3.63) is 42.0 Å². The van der Waals surface area contributed by atoms with Gasteiger partial charge in [-0.2, -0.15) is 13.2 Å². The fourth-order valence-electron chi connectivity index (χ4n) is 2.18. The maximum Gasteiger partial charge on any atom is 0.421 e. The van der Waals surface area contributed by atoms with Crippen molar-refractivity contribution in [2.45, 2.75) is 32.5 Å². The SMILES string of the molecule is CC(C)COc1cc(C(C)(O)C(F)(F)F)c2ccccc2c1. The van der Waals surface area contributed by atoms with Crippen LogP contribution in [0.2, 0.25) is 0 Å². The molecule has 0 spiro atoms. The molecule has 2 aromatic rings. The van der Waals surface area contributed by atoms with Gasteiger partial charge in [-0.05, 0) is 35.7 Å². The van der Waals surface area contributed by atoms with Crippen LogP contribution in [0.3, 0.4) is 0 Å². The van der Waals surface area contributed by atoms with E-state index in [9.17, 15) is 18.3 Å². The second kappa shape index (κ2) is 5.80. The number of alkyl halides is 3. The summed E-state index contributed by atoms with van der Waals surface area (Å²) in [6.45, 7) is 5.06. The zero-order valence-electron chi connectivity index (χ0n) is 12.7. The van der Waals surface area contributed by atoms with Crippen molar-refractivity contribution in [2.75, 3.05) is 6.61 Å². The van der Waals surface area contributed by atoms with Gasteiger partial charge in [0.25, 0.3) is 0 Å². The lowest BCUT2D eigenvalue weighted by atomic mass is 9.90. The van der Waals surface area contributed by atoms with Crippen LogP contribution in [0.5, 0.6) is 5.75 Å². The predicted molar refractivity (Wildman–Crippen MR) is 79.9 cm³/mol. The molecule has 0 aliphatic rings. The average Bonchev–Trinajstić information content (AvgIpc) is 2.42. The standard InChI is InChI=1S/C17H19F3O2/c1-11(2)10-22-13-8-12-6-4-5-7-14(12)15(9-13)16(3,21)17(18,19)20/h4-9,11,21H,10H2,1-3H3. The maximum absolute atomic E-state index is 13.2. The number of halogens is 3. The van der Waals surface area contributed by atoms with E-state index in [1.54, 1.807) is 30.3 Å². The first kappa shape index (κ1) is 16.6. The Morgan fingerprint density at radius 2 is 1.77 bits per heavy atom. The molecule has 2 nitrogen and oxygen atoms in total. The summed E-state index contributed by atoms with van der Waals surface area (Å²) in [5.41, 5.74) is -3.14. The van der Waals surface area contributed by atoms with E-state index < -0.39 is 11.8 Å². The van der Waals surface area contributed by atoms with Crippen LogP contribution >= 0.6 is 0 Å². The number of ether oxygens (including phenoxy) is 1. The number of hydrogen-bond donors (Lipinski definition) is 1. The molecule has 0 amide bonds. The third-order valence-electron chi connectivity index (χ3n) is 3.50. The molecule has 0 saturated heterocycles. The minimum atomic E-state index is -4.77. The lowest BCUT2D eigenvalue weighted by Crippen LogP contribution is -2.39. The highest BCUT2D eigenvalue weighted by Gasteiger charge is 2.52. The molecule has 0 bridgehead atoms. The first-order valence-electron chi connectivity index (χ1n) is 7.08. The largest absolute Gasteiger partial charge is 0.493 e. The number of hydrogen-bond acceptors (Lipinski definition) is 2. The van der Waals surface area contributed by atoms with Crippen LogP contribution in [0.15, 0.2) is 36.4 Å². The average molecular weight is 312 g/mol. The Balaban J connectivity index is 2.60. The normalized spacial score (nSPS) is 15.1. The zero-order valence-corrected chi connectivity index (χ0v) is 12.7. The molecule has 2 aromatic carbocycles. The van der Waals surface area contributed by atoms with Gasteiger partial charge in [0.2, 0.25) is 0 Å². The third kappa shape index (κ3) is 3.19. The van der Waals surface area contributed by atoms with Gasteiger partial charge in [-0.1, -0.05) is 38.1 Å². The molecule has 120 valence electrons. The van der Waals surface area contributed by atoms with Crippen molar-refractivity contribution in [3.63, 3.8) is 0 Å². The smallest absolute Gasteiger partial charge is 0.421 e. The predicted octanol–water partition coefficient (Wildman–Crippen LogP) is 4.64. The number of rotatable bonds is 4. The molecule has 0 radical (unpaired) electrons. The van der Waals surface area contributed by atoms with E-state index in [1.165, 1.54) is 6.07 Å². The van der Waals surface area contributed by atoms with Gasteiger partial charge >= 0.3 is 6.18 Å². The molecule has 2 rings (SSSR count). The second-order valence-corrected chi connectivity index (χ2v) is 5.97. The summed E-state index contributed by atoms with van der Waals surface area (Å²) in [6.07, 6.45) is -4.77. The van der Waals surface area contributed by atoms with Crippen molar-refractivity contribution >= 4 is 10.8 Å². The Labute approximate surface area is 127 Å². The van der Waals surface area contributed by atoms with Gasteiger partial charge in [-0.25, -0.2) is 0 Å². The molecular formula is C17H19F3O2. The van der Waals surface area contributed by atoms with Crippen molar-refractivity contribution in [3.8, 4) is 5.75 Å². The third-order valence-corrected chi connectivity index (χ3v) is 3.50. The molecule has 22 heavy (non-hydrogen) atoms. The molecule has 5 heteroatoms. The van der Waals surface area contributed by atoms with E-state index in [0.717, 1.165) is 6.92 Å². The summed E-state index contributed by atoms with van der Waals surface area (Å²) in [6, 6.07) is 9.62. The van der Waals surface area contributed by atoms with Gasteiger partial charge in [-0.15, -0.1) is 0 Å². The van der Waals surface area contributed by atoms with E-state index in [0.29, 0.717) is 23.1 Å². The van der Waals surface area contributed by atoms with Crippen molar-refractivity contribution in [1.82, 2.24) is 0 Å². The Morgan fingerprint density at radius 3 is 2.36 bits per heavy atom. The van der Waals surface area contributed by atoms with E-state index >= 15 is 0 Å². The summed E-state index contributed by atoms with van der Waals surface area (Å²) in [4.78, 5) is 0. The molecule has 1 atom stereocenters. The lowest BCUT2D eigenvalue weighted by Gasteiger charge is -2.28. The van der Waals surface area contributed by atoms with E-state index in [1.807, 2.05) is 13.8 Å². The summed E-state index contributed by atoms with van der Waals surface area (Å²) in [5, 5.41) is 11.0. The molecule has 0 saturated carbocycles. The molecular weight excluding hydrogens is 293 g/mol. The highest BCUT2D eigenvalue weighted by atomic mass is 19.4. The van der Waals surface area contributed by atoms with Gasteiger partial charge in [0.1, 0.15) is 5.75 Å². The van der Waals surface area contributed by atoms with Crippen LogP contribution < -0.4 is 4.74 Å². The summed E-state index contributed by atoms with van der Waals surface area (Å²) < 4.78 is 45.2. The van der Waals surface area contributed by atoms with Gasteiger partial charge in [0.05, 0.1) is 6.61 Å². The highest BCUT2D eigenvalue weighted by molar-refractivity contribution is 5.88. The number of aliphatic hydroxyl groups is 1. The van der Waals surface area contributed by atoms with Crippen molar-refractivity contribution in [2.24, 2.45) is 5.92 Å². The first-order chi connectivity index (χ1) is 10.1. The Hall–Kier alpha value is -1.75.